The van der Waals surface area contributed by atoms with Gasteiger partial charge >= 0.3 is 0 Å². The van der Waals surface area contributed by atoms with Gasteiger partial charge in [0.1, 0.15) is 0 Å². The van der Waals surface area contributed by atoms with Crippen LogP contribution in [0, 0.1) is 0 Å². The molecule has 4 heterocycles. The number of aromatic nitrogens is 3. The molecule has 0 amide bonds. The van der Waals surface area contributed by atoms with Crippen LogP contribution >= 0.6 is 22.7 Å². The first-order valence-electron chi connectivity index (χ1n) is 18.7. The second-order valence-electron chi connectivity index (χ2n) is 14.0. The van der Waals surface area contributed by atoms with Crippen LogP contribution < -0.4 is 0 Å². The van der Waals surface area contributed by atoms with Gasteiger partial charge in [0, 0.05) is 69.4 Å². The maximum atomic E-state index is 5.43. The summed E-state index contributed by atoms with van der Waals surface area (Å²) >= 11 is 3.73. The molecule has 4 aromatic heterocycles. The molecule has 0 aliphatic rings. The Labute approximate surface area is 331 Å². The van der Waals surface area contributed by atoms with Crippen LogP contribution in [0.2, 0.25) is 0 Å². The normalized spacial score (nSPS) is 11.6. The van der Waals surface area contributed by atoms with Crippen molar-refractivity contribution in [1.29, 1.82) is 0 Å². The third-order valence-corrected chi connectivity index (χ3v) is 13.1. The second kappa shape index (κ2) is 13.5. The summed E-state index contributed by atoms with van der Waals surface area (Å²) in [7, 11) is 0. The highest BCUT2D eigenvalue weighted by Gasteiger charge is 2.19. The first-order valence-corrected chi connectivity index (χ1v) is 20.3. The lowest BCUT2D eigenvalue weighted by atomic mass is 9.93. The molecule has 0 aliphatic carbocycles. The fraction of sp³-hybridized carbons (Fsp3) is 0. The van der Waals surface area contributed by atoms with Crippen LogP contribution in [0.1, 0.15) is 0 Å². The predicted molar refractivity (Wildman–Crippen MR) is 238 cm³/mol. The molecule has 0 bridgehead atoms. The molecule has 0 unspecified atom stereocenters. The van der Waals surface area contributed by atoms with Gasteiger partial charge in [-0.05, 0) is 81.9 Å². The Hall–Kier alpha value is -6.79. The van der Waals surface area contributed by atoms with E-state index >= 15 is 0 Å². The molecule has 0 radical (unpaired) electrons. The molecule has 11 aromatic rings. The summed E-state index contributed by atoms with van der Waals surface area (Å²) in [6, 6.07) is 63.0. The Morgan fingerprint density at radius 1 is 0.321 bits per heavy atom. The van der Waals surface area contributed by atoms with Gasteiger partial charge in [-0.1, -0.05) is 127 Å². The fourth-order valence-electron chi connectivity index (χ4n) is 7.97. The maximum absolute atomic E-state index is 5.43. The van der Waals surface area contributed by atoms with E-state index in [9.17, 15) is 0 Å². The Bertz CT molecular complexity index is 3120. The third kappa shape index (κ3) is 5.60. The zero-order valence-electron chi connectivity index (χ0n) is 30.1. The van der Waals surface area contributed by atoms with Gasteiger partial charge in [-0.2, -0.15) is 0 Å². The van der Waals surface area contributed by atoms with Crippen molar-refractivity contribution in [3.8, 4) is 67.3 Å². The fourth-order valence-corrected chi connectivity index (χ4v) is 10.4. The molecule has 0 spiro atoms. The summed E-state index contributed by atoms with van der Waals surface area (Å²) in [6.45, 7) is 0. The summed E-state index contributed by atoms with van der Waals surface area (Å²) in [5.74, 6) is 0.680. The first-order chi connectivity index (χ1) is 27.7. The van der Waals surface area contributed by atoms with E-state index in [1.165, 1.54) is 51.5 Å². The Balaban J connectivity index is 1.19. The third-order valence-electron chi connectivity index (χ3n) is 10.6. The zero-order chi connectivity index (χ0) is 37.0. The van der Waals surface area contributed by atoms with Crippen LogP contribution in [0.5, 0.6) is 0 Å². The Morgan fingerprint density at radius 3 is 1.43 bits per heavy atom. The SMILES string of the molecule is c1ccc(-c2cc(-c3cc(-c4cccc5c4sc4ccccc45)cc(-c4cccc5c4sc4ccccc45)c3)nc(-c3ccccc3-c3ccncc3)n2)cc1. The van der Waals surface area contributed by atoms with Gasteiger partial charge in [0.25, 0.3) is 0 Å². The highest BCUT2D eigenvalue weighted by atomic mass is 32.1. The Morgan fingerprint density at radius 2 is 0.804 bits per heavy atom. The average molecular weight is 750 g/mol. The van der Waals surface area contributed by atoms with Gasteiger partial charge in [-0.15, -0.1) is 22.7 Å². The van der Waals surface area contributed by atoms with E-state index in [1.54, 1.807) is 0 Å². The van der Waals surface area contributed by atoms with E-state index in [2.05, 4.69) is 163 Å². The molecule has 262 valence electrons. The van der Waals surface area contributed by atoms with Gasteiger partial charge in [-0.25, -0.2) is 9.97 Å². The smallest absolute Gasteiger partial charge is 0.161 e. The lowest BCUT2D eigenvalue weighted by Gasteiger charge is -2.15. The monoisotopic (exact) mass is 749 g/mol. The van der Waals surface area contributed by atoms with Gasteiger partial charge in [0.2, 0.25) is 0 Å². The molecule has 3 nitrogen and oxygen atoms in total. The number of benzene rings is 7. The van der Waals surface area contributed by atoms with Gasteiger partial charge in [0.15, 0.2) is 5.82 Å². The predicted octanol–water partition coefficient (Wildman–Crippen LogP) is 14.6. The second-order valence-corrected chi connectivity index (χ2v) is 16.1. The van der Waals surface area contributed by atoms with E-state index in [0.29, 0.717) is 5.82 Å². The first kappa shape index (κ1) is 32.6. The number of nitrogens with zero attached hydrogens (tertiary/aromatic N) is 3. The topological polar surface area (TPSA) is 38.7 Å². The van der Waals surface area contributed by atoms with Crippen molar-refractivity contribution in [3.63, 3.8) is 0 Å². The van der Waals surface area contributed by atoms with Gasteiger partial charge in [-0.3, -0.25) is 4.98 Å². The molecule has 7 aromatic carbocycles. The molecule has 0 saturated carbocycles. The van der Waals surface area contributed by atoms with Crippen molar-refractivity contribution >= 4 is 63.0 Å². The summed E-state index contributed by atoms with van der Waals surface area (Å²) in [5.41, 5.74) is 11.7. The lowest BCUT2D eigenvalue weighted by molar-refractivity contribution is 1.18. The van der Waals surface area contributed by atoms with Crippen molar-refractivity contribution in [2.24, 2.45) is 0 Å². The molecule has 0 aliphatic heterocycles. The number of hydrogen-bond donors (Lipinski definition) is 0. The molecule has 56 heavy (non-hydrogen) atoms. The van der Waals surface area contributed by atoms with Gasteiger partial charge < -0.3 is 0 Å². The van der Waals surface area contributed by atoms with E-state index in [-0.39, 0.29) is 0 Å². The van der Waals surface area contributed by atoms with Crippen LogP contribution in [0.4, 0.5) is 0 Å². The average Bonchev–Trinajstić information content (AvgIpc) is 3.85. The molecule has 0 saturated heterocycles. The van der Waals surface area contributed by atoms with Crippen LogP contribution in [-0.4, -0.2) is 15.0 Å². The molecule has 0 N–H and O–H groups in total. The molecule has 0 fully saturated rings. The number of pyridine rings is 1. The molecular weight excluding hydrogens is 719 g/mol. The zero-order valence-corrected chi connectivity index (χ0v) is 31.7. The van der Waals surface area contributed by atoms with Crippen LogP contribution in [-0.2, 0) is 0 Å². The molecular formula is C51H31N3S2. The minimum atomic E-state index is 0.680. The minimum absolute atomic E-state index is 0.680. The minimum Gasteiger partial charge on any atom is -0.265 e. The quantitative estimate of drug-likeness (QED) is 0.170. The Kier molecular flexibility index (Phi) is 7.87. The lowest BCUT2D eigenvalue weighted by Crippen LogP contribution is -1.98. The summed E-state index contributed by atoms with van der Waals surface area (Å²) in [5, 5.41) is 5.15. The molecule has 0 atom stereocenters. The van der Waals surface area contributed by atoms with Crippen molar-refractivity contribution < 1.29 is 0 Å². The van der Waals surface area contributed by atoms with Crippen LogP contribution in [0.25, 0.3) is 108 Å². The van der Waals surface area contributed by atoms with Crippen LogP contribution in [0.3, 0.4) is 0 Å². The highest BCUT2D eigenvalue weighted by molar-refractivity contribution is 7.26. The van der Waals surface area contributed by atoms with E-state index < -0.39 is 0 Å². The molecule has 11 rings (SSSR count). The van der Waals surface area contributed by atoms with Crippen molar-refractivity contribution in [2.45, 2.75) is 0 Å². The summed E-state index contributed by atoms with van der Waals surface area (Å²) in [6.07, 6.45) is 3.67. The summed E-state index contributed by atoms with van der Waals surface area (Å²) < 4.78 is 5.16. The number of rotatable bonds is 6. The summed E-state index contributed by atoms with van der Waals surface area (Å²) in [4.78, 5) is 15.0. The maximum Gasteiger partial charge on any atom is 0.161 e. The number of hydrogen-bond acceptors (Lipinski definition) is 5. The van der Waals surface area contributed by atoms with Gasteiger partial charge in [0.05, 0.1) is 11.4 Å². The van der Waals surface area contributed by atoms with E-state index in [0.717, 1.165) is 50.3 Å². The van der Waals surface area contributed by atoms with Crippen molar-refractivity contribution in [2.75, 3.05) is 0 Å². The van der Waals surface area contributed by atoms with E-state index in [4.69, 9.17) is 9.97 Å². The molecule has 5 heteroatoms. The van der Waals surface area contributed by atoms with Crippen LogP contribution in [0.15, 0.2) is 188 Å². The van der Waals surface area contributed by atoms with Crippen molar-refractivity contribution in [1.82, 2.24) is 15.0 Å². The van der Waals surface area contributed by atoms with E-state index in [1.807, 2.05) is 53.3 Å². The highest BCUT2D eigenvalue weighted by Crippen LogP contribution is 2.45. The number of fused-ring (bicyclic) bond motifs is 6. The number of thiophene rings is 2. The largest absolute Gasteiger partial charge is 0.265 e. The van der Waals surface area contributed by atoms with Crippen molar-refractivity contribution in [3.05, 3.63) is 188 Å². The standard InChI is InChI=1S/C51H31N3S2/c1-2-12-33(13-3-1)45-31-46(54-51(53-45)44-17-5-4-14-37(44)32-24-26-52-27-25-32)36-29-34(38-18-10-20-42-40-15-6-8-22-47(40)55-49(38)42)28-35(30-36)39-19-11-21-43-41-16-7-9-23-48(41)56-50(39)43/h1-31H.